The zero-order valence-electron chi connectivity index (χ0n) is 12.9. The molecule has 0 spiro atoms. The molecule has 7 heteroatoms. The highest BCUT2D eigenvalue weighted by molar-refractivity contribution is 5.84. The first kappa shape index (κ1) is 15.0. The molecule has 4 rings (SSSR count). The van der Waals surface area contributed by atoms with Crippen molar-refractivity contribution in [3.05, 3.63) is 48.2 Å². The molecule has 0 amide bonds. The Balaban J connectivity index is 1.80. The van der Waals surface area contributed by atoms with Crippen molar-refractivity contribution in [2.75, 3.05) is 13.3 Å². The van der Waals surface area contributed by atoms with Gasteiger partial charge < -0.3 is 14.3 Å². The third-order valence-corrected chi connectivity index (χ3v) is 3.80. The fourth-order valence-corrected chi connectivity index (χ4v) is 2.65. The van der Waals surface area contributed by atoms with E-state index in [0.717, 1.165) is 5.39 Å². The van der Waals surface area contributed by atoms with Gasteiger partial charge in [-0.1, -0.05) is 0 Å². The van der Waals surface area contributed by atoms with E-state index in [1.54, 1.807) is 42.6 Å². The standard InChI is InChI=1S/C18H12FN3O3/c19-4-6-24-13-1-2-14-12(8-13)9-15(25-14)17-18(23)22-5-3-11(10-20)7-16(22)21-17/h1-3,5,7-9,23H,4,6H2. The smallest absolute Gasteiger partial charge is 0.227 e. The maximum absolute atomic E-state index is 12.2. The lowest BCUT2D eigenvalue weighted by Gasteiger charge is -2.01. The molecule has 0 aliphatic heterocycles. The van der Waals surface area contributed by atoms with Gasteiger partial charge >= 0.3 is 0 Å². The van der Waals surface area contributed by atoms with Crippen molar-refractivity contribution >= 4 is 16.6 Å². The van der Waals surface area contributed by atoms with Crippen molar-refractivity contribution in [3.63, 3.8) is 0 Å². The zero-order valence-corrected chi connectivity index (χ0v) is 12.9. The lowest BCUT2D eigenvalue weighted by atomic mass is 10.2. The van der Waals surface area contributed by atoms with Crippen molar-refractivity contribution in [1.82, 2.24) is 9.38 Å². The Morgan fingerprint density at radius 2 is 2.16 bits per heavy atom. The number of halogens is 1. The van der Waals surface area contributed by atoms with Gasteiger partial charge in [0, 0.05) is 11.6 Å². The van der Waals surface area contributed by atoms with Gasteiger partial charge in [-0.2, -0.15) is 5.26 Å². The molecule has 124 valence electrons. The van der Waals surface area contributed by atoms with E-state index >= 15 is 0 Å². The molecular weight excluding hydrogens is 325 g/mol. The van der Waals surface area contributed by atoms with Crippen LogP contribution in [0, 0.1) is 11.3 Å². The first-order valence-corrected chi connectivity index (χ1v) is 7.53. The van der Waals surface area contributed by atoms with Crippen LogP contribution in [0.5, 0.6) is 11.6 Å². The van der Waals surface area contributed by atoms with Crippen LogP contribution in [0.15, 0.2) is 47.0 Å². The van der Waals surface area contributed by atoms with Gasteiger partial charge in [0.25, 0.3) is 0 Å². The van der Waals surface area contributed by atoms with E-state index in [-0.39, 0.29) is 18.2 Å². The number of hydrogen-bond donors (Lipinski definition) is 1. The summed E-state index contributed by atoms with van der Waals surface area (Å²) in [6.07, 6.45) is 1.57. The van der Waals surface area contributed by atoms with Crippen LogP contribution < -0.4 is 4.74 Å². The van der Waals surface area contributed by atoms with E-state index in [9.17, 15) is 9.50 Å². The highest BCUT2D eigenvalue weighted by atomic mass is 19.1. The molecule has 0 aliphatic carbocycles. The predicted octanol–water partition coefficient (Wildman–Crippen LogP) is 3.67. The van der Waals surface area contributed by atoms with Gasteiger partial charge in [-0.25, -0.2) is 9.37 Å². The molecule has 3 heterocycles. The number of imidazole rings is 1. The molecule has 1 aromatic carbocycles. The summed E-state index contributed by atoms with van der Waals surface area (Å²) in [5, 5.41) is 20.1. The van der Waals surface area contributed by atoms with Crippen LogP contribution in [-0.2, 0) is 0 Å². The number of aromatic hydroxyl groups is 1. The molecule has 0 bridgehead atoms. The van der Waals surface area contributed by atoms with Crippen LogP contribution in [0.2, 0.25) is 0 Å². The largest absolute Gasteiger partial charge is 0.493 e. The molecule has 6 nitrogen and oxygen atoms in total. The number of ether oxygens (including phenoxy) is 1. The van der Waals surface area contributed by atoms with Crippen LogP contribution in [0.25, 0.3) is 28.1 Å². The molecule has 3 aromatic heterocycles. The average molecular weight is 337 g/mol. The summed E-state index contributed by atoms with van der Waals surface area (Å²) in [7, 11) is 0. The van der Waals surface area contributed by atoms with Crippen molar-refractivity contribution in [2.24, 2.45) is 0 Å². The number of alkyl halides is 1. The monoisotopic (exact) mass is 337 g/mol. The predicted molar refractivity (Wildman–Crippen MR) is 88.2 cm³/mol. The fraction of sp³-hybridized carbons (Fsp3) is 0.111. The van der Waals surface area contributed by atoms with E-state index in [2.05, 4.69) is 4.98 Å². The quantitative estimate of drug-likeness (QED) is 0.614. The van der Waals surface area contributed by atoms with E-state index in [0.29, 0.717) is 28.3 Å². The molecule has 25 heavy (non-hydrogen) atoms. The highest BCUT2D eigenvalue weighted by Crippen LogP contribution is 2.35. The number of aromatic nitrogens is 2. The van der Waals surface area contributed by atoms with E-state index < -0.39 is 6.67 Å². The highest BCUT2D eigenvalue weighted by Gasteiger charge is 2.17. The number of rotatable bonds is 4. The van der Waals surface area contributed by atoms with Crippen LogP contribution >= 0.6 is 0 Å². The van der Waals surface area contributed by atoms with Crippen molar-refractivity contribution in [2.45, 2.75) is 0 Å². The number of benzene rings is 1. The van der Waals surface area contributed by atoms with Gasteiger partial charge in [-0.15, -0.1) is 0 Å². The van der Waals surface area contributed by atoms with Gasteiger partial charge in [-0.3, -0.25) is 4.40 Å². The van der Waals surface area contributed by atoms with Crippen LogP contribution in [-0.4, -0.2) is 27.8 Å². The summed E-state index contributed by atoms with van der Waals surface area (Å²) in [5.41, 5.74) is 1.76. The van der Waals surface area contributed by atoms with Crippen molar-refractivity contribution < 1.29 is 18.7 Å². The molecular formula is C18H12FN3O3. The molecule has 0 fully saturated rings. The molecule has 4 aromatic rings. The summed E-state index contributed by atoms with van der Waals surface area (Å²) in [4.78, 5) is 4.35. The minimum atomic E-state index is -0.561. The van der Waals surface area contributed by atoms with Crippen molar-refractivity contribution in [3.8, 4) is 29.2 Å². The summed E-state index contributed by atoms with van der Waals surface area (Å²) in [6.45, 7) is -0.570. The van der Waals surface area contributed by atoms with Gasteiger partial charge in [-0.05, 0) is 36.4 Å². The molecule has 0 unspecified atom stereocenters. The summed E-state index contributed by atoms with van der Waals surface area (Å²) in [6, 6.07) is 12.1. The Morgan fingerprint density at radius 1 is 1.28 bits per heavy atom. The molecule has 0 radical (unpaired) electrons. The summed E-state index contributed by atoms with van der Waals surface area (Å²) >= 11 is 0. The maximum atomic E-state index is 12.2. The third kappa shape index (κ3) is 2.54. The maximum Gasteiger partial charge on any atom is 0.227 e. The van der Waals surface area contributed by atoms with E-state index in [1.807, 2.05) is 6.07 Å². The van der Waals surface area contributed by atoms with E-state index in [4.69, 9.17) is 14.4 Å². The van der Waals surface area contributed by atoms with Crippen molar-refractivity contribution in [1.29, 1.82) is 5.26 Å². The minimum Gasteiger partial charge on any atom is -0.493 e. The lowest BCUT2D eigenvalue weighted by molar-refractivity contribution is 0.273. The van der Waals surface area contributed by atoms with Crippen LogP contribution in [0.1, 0.15) is 5.56 Å². The molecule has 0 aliphatic rings. The number of nitriles is 1. The number of furan rings is 1. The summed E-state index contributed by atoms with van der Waals surface area (Å²) < 4.78 is 24.7. The molecule has 0 saturated heterocycles. The number of fused-ring (bicyclic) bond motifs is 2. The number of hydrogen-bond acceptors (Lipinski definition) is 5. The van der Waals surface area contributed by atoms with E-state index in [1.165, 1.54) is 4.40 Å². The van der Waals surface area contributed by atoms with Crippen LogP contribution in [0.4, 0.5) is 4.39 Å². The second-order valence-corrected chi connectivity index (χ2v) is 5.39. The Morgan fingerprint density at radius 3 is 2.96 bits per heavy atom. The van der Waals surface area contributed by atoms with Gasteiger partial charge in [0.1, 0.15) is 30.3 Å². The second-order valence-electron chi connectivity index (χ2n) is 5.39. The topological polar surface area (TPSA) is 83.7 Å². The Kier molecular flexibility index (Phi) is 3.51. The number of pyridine rings is 1. The molecule has 0 atom stereocenters. The average Bonchev–Trinajstić information content (AvgIpc) is 3.20. The van der Waals surface area contributed by atoms with Gasteiger partial charge in [0.2, 0.25) is 5.88 Å². The normalized spacial score (nSPS) is 11.0. The second kappa shape index (κ2) is 5.83. The Hall–Kier alpha value is -3.53. The Bertz CT molecular complexity index is 1120. The first-order chi connectivity index (χ1) is 12.2. The van der Waals surface area contributed by atoms with Crippen LogP contribution in [0.3, 0.4) is 0 Å². The SMILES string of the molecule is N#Cc1ccn2c(O)c(-c3cc4cc(OCCF)ccc4o3)nc2c1. The first-order valence-electron chi connectivity index (χ1n) is 7.53. The minimum absolute atomic E-state index is 0.00926. The van der Waals surface area contributed by atoms with Gasteiger partial charge in [0.15, 0.2) is 11.5 Å². The fourth-order valence-electron chi connectivity index (χ4n) is 2.65. The summed E-state index contributed by atoms with van der Waals surface area (Å²) in [5.74, 6) is 0.847. The lowest BCUT2D eigenvalue weighted by Crippen LogP contribution is -1.97. The molecule has 0 saturated carbocycles. The molecule has 1 N–H and O–H groups in total. The Labute approximate surface area is 141 Å². The third-order valence-electron chi connectivity index (χ3n) is 3.80. The van der Waals surface area contributed by atoms with Gasteiger partial charge in [0.05, 0.1) is 11.6 Å². The zero-order chi connectivity index (χ0) is 17.4. The number of nitrogens with zero attached hydrogens (tertiary/aromatic N) is 3.